The fraction of sp³-hybridized carbons (Fsp3) is 0.434. The maximum atomic E-state index is 9.85. The summed E-state index contributed by atoms with van der Waals surface area (Å²) < 4.78 is 24.4. The molecule has 5 aromatic carbocycles. The van der Waals surface area contributed by atoms with Gasteiger partial charge in [0, 0.05) is 25.0 Å². The number of rotatable bonds is 14. The van der Waals surface area contributed by atoms with Gasteiger partial charge >= 0.3 is 0 Å². The summed E-state index contributed by atoms with van der Waals surface area (Å²) >= 11 is 6.59. The van der Waals surface area contributed by atoms with Crippen LogP contribution in [0.5, 0.6) is 5.75 Å². The molecule has 1 saturated carbocycles. The summed E-state index contributed by atoms with van der Waals surface area (Å²) in [4.78, 5) is 0. The summed E-state index contributed by atoms with van der Waals surface area (Å²) in [7, 11) is 0.660. The Morgan fingerprint density at radius 3 is 1.62 bits per heavy atom. The molecule has 1 aliphatic carbocycles. The van der Waals surface area contributed by atoms with Crippen molar-refractivity contribution in [3.8, 4) is 5.75 Å². The maximum Gasteiger partial charge on any atom is 0.119 e. The van der Waals surface area contributed by atoms with E-state index in [2.05, 4.69) is 69.9 Å². The Morgan fingerprint density at radius 1 is 0.635 bits per heavy atom. The Labute approximate surface area is 384 Å². The van der Waals surface area contributed by atoms with Crippen molar-refractivity contribution in [3.63, 3.8) is 0 Å². The minimum absolute atomic E-state index is 0.0115. The fourth-order valence-corrected chi connectivity index (χ4v) is 6.04. The van der Waals surface area contributed by atoms with Crippen molar-refractivity contribution in [2.75, 3.05) is 45.7 Å². The largest absolute Gasteiger partial charge is 0.491 e. The topological polar surface area (TPSA) is 118 Å². The highest BCUT2D eigenvalue weighted by Gasteiger charge is 2.31. The van der Waals surface area contributed by atoms with Crippen LogP contribution >= 0.6 is 21.6 Å². The summed E-state index contributed by atoms with van der Waals surface area (Å²) in [6.07, 6.45) is 11.6. The molecule has 4 N–H and O–H groups in total. The number of aliphatic hydroxyl groups excluding tert-OH is 4. The molecule has 346 valence electrons. The van der Waals surface area contributed by atoms with Gasteiger partial charge in [-0.05, 0) is 94.4 Å². The first-order chi connectivity index (χ1) is 30.3. The second kappa shape index (κ2) is 28.9. The summed E-state index contributed by atoms with van der Waals surface area (Å²) in [5.41, 5.74) is 6.33. The summed E-state index contributed by atoms with van der Waals surface area (Å²) in [6.45, 7) is 8.93. The Balaban J connectivity index is 0.000000327. The summed E-state index contributed by atoms with van der Waals surface area (Å²) in [6, 6.07) is 43.4. The van der Waals surface area contributed by atoms with E-state index in [4.69, 9.17) is 45.9 Å². The Bertz CT molecular complexity index is 1860. The van der Waals surface area contributed by atoms with Crippen LogP contribution in [-0.2, 0) is 40.5 Å². The molecule has 0 spiro atoms. The number of aliphatic hydroxyl groups is 4. The lowest BCUT2D eigenvalue weighted by Crippen LogP contribution is -2.35. The highest BCUT2D eigenvalue weighted by Crippen LogP contribution is 2.48. The Kier molecular flexibility index (Phi) is 24.6. The minimum Gasteiger partial charge on any atom is -0.491 e. The SMILES string of the molecule is CC(C)(C)S(C)(C)C.CO.OCC1CC(OCc2ccccc2)CC(c2ccc(Cl)c(Cc3ccc(OCCOC4CC4)cc3)c2)O1.OCc1ccccc1.OCc1ccccc1. The van der Waals surface area contributed by atoms with Gasteiger partial charge in [0.05, 0.1) is 57.5 Å². The number of ether oxygens (including phenoxy) is 4. The average Bonchev–Trinajstić information content (AvgIpc) is 4.14. The summed E-state index contributed by atoms with van der Waals surface area (Å²) in [5, 5.41) is 34.7. The van der Waals surface area contributed by atoms with Crippen LogP contribution in [0.1, 0.15) is 85.9 Å². The third-order valence-electron chi connectivity index (χ3n) is 10.8. The van der Waals surface area contributed by atoms with Gasteiger partial charge in [0.1, 0.15) is 12.4 Å². The third-order valence-corrected chi connectivity index (χ3v) is 14.8. The van der Waals surface area contributed by atoms with Gasteiger partial charge in [-0.2, -0.15) is 0 Å². The van der Waals surface area contributed by atoms with Gasteiger partial charge in [0.2, 0.25) is 0 Å². The third kappa shape index (κ3) is 21.2. The molecule has 3 atom stereocenters. The molecule has 0 bridgehead atoms. The molecular weight excluding hydrogens is 832 g/mol. The van der Waals surface area contributed by atoms with Gasteiger partial charge in [0.15, 0.2) is 0 Å². The summed E-state index contributed by atoms with van der Waals surface area (Å²) in [5.74, 6) is 0.843. The van der Waals surface area contributed by atoms with Crippen LogP contribution in [0.2, 0.25) is 5.02 Å². The van der Waals surface area contributed by atoms with Crippen LogP contribution in [0.4, 0.5) is 0 Å². The zero-order valence-corrected chi connectivity index (χ0v) is 40.1. The molecule has 63 heavy (non-hydrogen) atoms. The van der Waals surface area contributed by atoms with Crippen molar-refractivity contribution in [2.45, 2.75) is 102 Å². The van der Waals surface area contributed by atoms with E-state index in [1.807, 2.05) is 103 Å². The standard InChI is InChI=1S/C31H35ClO5.2C7H8O.C7H18S.CH4O/c32-30-13-8-24(31-19-28(18-29(20-33)37-31)36-21-23-4-2-1-3-5-23)17-25(30)16-22-6-9-26(10-7-22)34-14-15-35-27-11-12-27;2*8-6-7-4-2-1-3-5-7;1-7(2,3)8(4,5)6;1-2/h1-10,13,17,27-29,31,33H,11-12,14-16,18-21H2;2*1-5,8H,6H2;1-6H3;2H,1H3. The smallest absolute Gasteiger partial charge is 0.119 e. The van der Waals surface area contributed by atoms with Gasteiger partial charge in [-0.1, -0.05) is 148 Å². The molecule has 7 rings (SSSR count). The van der Waals surface area contributed by atoms with Crippen molar-refractivity contribution in [1.29, 1.82) is 0 Å². The number of benzene rings is 5. The first-order valence-electron chi connectivity index (χ1n) is 21.7. The number of halogens is 1. The van der Waals surface area contributed by atoms with Gasteiger partial charge in [-0.25, -0.2) is 10.0 Å². The molecule has 3 unspecified atom stereocenters. The van der Waals surface area contributed by atoms with Gasteiger partial charge in [0.25, 0.3) is 0 Å². The second-order valence-corrected chi connectivity index (χ2v) is 22.5. The van der Waals surface area contributed by atoms with E-state index >= 15 is 0 Å². The monoisotopic (exact) mass is 904 g/mol. The molecule has 1 heterocycles. The molecule has 1 saturated heterocycles. The van der Waals surface area contributed by atoms with E-state index in [0.717, 1.165) is 57.7 Å². The lowest BCUT2D eigenvalue weighted by atomic mass is 9.94. The molecule has 2 fully saturated rings. The van der Waals surface area contributed by atoms with E-state index < -0.39 is 0 Å². The van der Waals surface area contributed by atoms with Crippen molar-refractivity contribution in [1.82, 2.24) is 0 Å². The molecular formula is C53H73ClO8S. The molecule has 10 heteroatoms. The van der Waals surface area contributed by atoms with Crippen molar-refractivity contribution in [3.05, 3.63) is 172 Å². The highest BCUT2D eigenvalue weighted by molar-refractivity contribution is 8.33. The van der Waals surface area contributed by atoms with Crippen molar-refractivity contribution >= 4 is 21.6 Å². The zero-order chi connectivity index (χ0) is 46.1. The molecule has 1 aliphatic heterocycles. The molecule has 0 aromatic heterocycles. The number of hydrogen-bond donors (Lipinski definition) is 4. The van der Waals surface area contributed by atoms with Crippen molar-refractivity contribution in [2.24, 2.45) is 0 Å². The van der Waals surface area contributed by atoms with Gasteiger partial charge in [-0.15, -0.1) is 0 Å². The fourth-order valence-electron chi connectivity index (χ4n) is 5.86. The first-order valence-corrected chi connectivity index (χ1v) is 25.0. The average molecular weight is 906 g/mol. The van der Waals surface area contributed by atoms with E-state index in [1.54, 1.807) is 0 Å². The van der Waals surface area contributed by atoms with Crippen LogP contribution in [0.3, 0.4) is 0 Å². The van der Waals surface area contributed by atoms with E-state index in [-0.39, 0.29) is 48.2 Å². The Morgan fingerprint density at radius 2 is 1.16 bits per heavy atom. The first kappa shape index (κ1) is 53.6. The van der Waals surface area contributed by atoms with Crippen LogP contribution < -0.4 is 4.74 Å². The van der Waals surface area contributed by atoms with Gasteiger partial charge in [-0.3, -0.25) is 0 Å². The molecule has 0 amide bonds. The van der Waals surface area contributed by atoms with Crippen LogP contribution in [0.15, 0.2) is 133 Å². The lowest BCUT2D eigenvalue weighted by Gasteiger charge is -2.40. The van der Waals surface area contributed by atoms with Crippen molar-refractivity contribution < 1.29 is 39.4 Å². The van der Waals surface area contributed by atoms with Crippen LogP contribution in [-0.4, -0.2) is 89.2 Å². The quantitative estimate of drug-likeness (QED) is 0.0814. The molecule has 5 aromatic rings. The second-order valence-electron chi connectivity index (χ2n) is 17.1. The Hall–Kier alpha value is -3.74. The molecule has 2 aliphatic rings. The molecule has 0 radical (unpaired) electrons. The maximum absolute atomic E-state index is 9.85. The minimum atomic E-state index is -0.340. The highest BCUT2D eigenvalue weighted by atomic mass is 35.5. The van der Waals surface area contributed by atoms with E-state index in [1.165, 1.54) is 12.8 Å². The van der Waals surface area contributed by atoms with Crippen LogP contribution in [0.25, 0.3) is 0 Å². The van der Waals surface area contributed by atoms with E-state index in [9.17, 15) is 5.11 Å². The normalized spacial score (nSPS) is 17.2. The van der Waals surface area contributed by atoms with Gasteiger partial charge < -0.3 is 39.4 Å². The predicted molar refractivity (Wildman–Crippen MR) is 262 cm³/mol. The predicted octanol–water partition coefficient (Wildman–Crippen LogP) is 10.7. The van der Waals surface area contributed by atoms with Crippen LogP contribution in [0, 0.1) is 0 Å². The zero-order valence-electron chi connectivity index (χ0n) is 38.5. The molecule has 8 nitrogen and oxygen atoms in total. The van der Waals surface area contributed by atoms with E-state index in [0.29, 0.717) is 43.5 Å². The lowest BCUT2D eigenvalue weighted by molar-refractivity contribution is -0.133. The number of hydrogen-bond acceptors (Lipinski definition) is 8.